The summed E-state index contributed by atoms with van der Waals surface area (Å²) in [6, 6.07) is 0. The maximum Gasteiger partial charge on any atom is 0.0125 e. The summed E-state index contributed by atoms with van der Waals surface area (Å²) < 4.78 is 0. The number of hydrogen-bond donors (Lipinski definition) is 0. The molecule has 0 radical (unpaired) electrons. The lowest BCUT2D eigenvalue weighted by Crippen LogP contribution is -2.47. The van der Waals surface area contributed by atoms with Crippen LogP contribution in [0.3, 0.4) is 0 Å². The molecule has 0 aromatic heterocycles. The molecule has 0 amide bonds. The van der Waals surface area contributed by atoms with Gasteiger partial charge in [-0.1, -0.05) is 42.0 Å². The molecule has 0 unspecified atom stereocenters. The van der Waals surface area contributed by atoms with E-state index in [-0.39, 0.29) is 7.43 Å². The van der Waals surface area contributed by atoms with E-state index < -0.39 is 0 Å². The van der Waals surface area contributed by atoms with E-state index in [1.807, 2.05) is 13.8 Å². The average molecular weight is 243 g/mol. The number of hydrogen-bond acceptors (Lipinski definition) is 1. The van der Waals surface area contributed by atoms with E-state index in [1.54, 1.807) is 0 Å². The van der Waals surface area contributed by atoms with E-state index in [0.29, 0.717) is 11.0 Å². The molecule has 106 valence electrons. The van der Waals surface area contributed by atoms with E-state index in [4.69, 9.17) is 0 Å². The first-order valence-electron chi connectivity index (χ1n) is 6.96. The van der Waals surface area contributed by atoms with Crippen LogP contribution in [0.1, 0.15) is 75.7 Å². The predicted molar refractivity (Wildman–Crippen MR) is 81.6 cm³/mol. The molecule has 0 bridgehead atoms. The predicted octanol–water partition coefficient (Wildman–Crippen LogP) is 5.21. The molecule has 0 aliphatic carbocycles. The van der Waals surface area contributed by atoms with Crippen LogP contribution in [0.4, 0.5) is 0 Å². The zero-order valence-electron chi connectivity index (χ0n) is 12.9. The van der Waals surface area contributed by atoms with E-state index in [2.05, 4.69) is 46.4 Å². The summed E-state index contributed by atoms with van der Waals surface area (Å²) in [7, 11) is 0. The third-order valence-corrected chi connectivity index (χ3v) is 3.67. The van der Waals surface area contributed by atoms with Crippen LogP contribution < -0.4 is 0 Å². The largest absolute Gasteiger partial charge is 0.298 e. The van der Waals surface area contributed by atoms with Crippen molar-refractivity contribution in [3.8, 4) is 0 Å². The van der Waals surface area contributed by atoms with Crippen LogP contribution in [0.2, 0.25) is 0 Å². The molecule has 1 fully saturated rings. The second-order valence-corrected chi connectivity index (χ2v) is 6.80. The van der Waals surface area contributed by atoms with Gasteiger partial charge in [0, 0.05) is 5.54 Å². The Morgan fingerprint density at radius 3 is 1.41 bits per heavy atom. The Hall–Kier alpha value is -0.0400. The van der Waals surface area contributed by atoms with E-state index in [0.717, 1.165) is 5.92 Å². The highest BCUT2D eigenvalue weighted by Gasteiger charge is 2.32. The van der Waals surface area contributed by atoms with Gasteiger partial charge in [0.25, 0.3) is 0 Å². The van der Waals surface area contributed by atoms with Gasteiger partial charge >= 0.3 is 0 Å². The third kappa shape index (κ3) is 6.45. The molecule has 0 aromatic rings. The number of rotatable bonds is 0. The minimum Gasteiger partial charge on any atom is -0.298 e. The molecule has 1 aliphatic rings. The highest BCUT2D eigenvalue weighted by atomic mass is 15.2. The summed E-state index contributed by atoms with van der Waals surface area (Å²) in [6.07, 6.45) is 2.75. The summed E-state index contributed by atoms with van der Waals surface area (Å²) in [4.78, 5) is 2.62. The number of nitrogens with zero attached hydrogens (tertiary/aromatic N) is 1. The Labute approximate surface area is 111 Å². The van der Waals surface area contributed by atoms with Gasteiger partial charge in [-0.2, -0.15) is 0 Å². The van der Waals surface area contributed by atoms with Crippen molar-refractivity contribution in [3.63, 3.8) is 0 Å². The van der Waals surface area contributed by atoms with Crippen LogP contribution in [0.15, 0.2) is 0 Å². The molecule has 0 aromatic carbocycles. The second-order valence-electron chi connectivity index (χ2n) is 6.80. The fraction of sp³-hybridized carbons (Fsp3) is 1.00. The van der Waals surface area contributed by atoms with Gasteiger partial charge < -0.3 is 0 Å². The number of piperidine rings is 1. The standard InChI is InChI=1S/C13H27N.C2H6.CH4/c1-12(2,3)11-7-9-14(10-8-11)13(4,5)6;1-2;/h11H,7-10H2,1-6H3;1-2H3;1H4. The molecule has 1 heterocycles. The fourth-order valence-electron chi connectivity index (χ4n) is 2.42. The summed E-state index contributed by atoms with van der Waals surface area (Å²) in [6.45, 7) is 20.7. The smallest absolute Gasteiger partial charge is 0.0125 e. The number of likely N-dealkylation sites (tertiary alicyclic amines) is 1. The topological polar surface area (TPSA) is 3.24 Å². The summed E-state index contributed by atoms with van der Waals surface area (Å²) >= 11 is 0. The summed E-state index contributed by atoms with van der Waals surface area (Å²) in [5, 5.41) is 0. The molecular formula is C16H37N. The average Bonchev–Trinajstić information content (AvgIpc) is 2.18. The lowest BCUT2D eigenvalue weighted by molar-refractivity contribution is 0.0532. The molecule has 1 rings (SSSR count). The van der Waals surface area contributed by atoms with Crippen molar-refractivity contribution in [2.75, 3.05) is 13.1 Å². The maximum absolute atomic E-state index is 2.62. The highest BCUT2D eigenvalue weighted by molar-refractivity contribution is 4.85. The van der Waals surface area contributed by atoms with Gasteiger partial charge in [0.2, 0.25) is 0 Å². The normalized spacial score (nSPS) is 19.1. The van der Waals surface area contributed by atoms with Crippen LogP contribution in [-0.4, -0.2) is 23.5 Å². The zero-order valence-corrected chi connectivity index (χ0v) is 12.9. The van der Waals surface area contributed by atoms with E-state index in [9.17, 15) is 0 Å². The Morgan fingerprint density at radius 2 is 1.18 bits per heavy atom. The molecule has 1 aliphatic heterocycles. The molecule has 0 saturated carbocycles. The van der Waals surface area contributed by atoms with E-state index >= 15 is 0 Å². The highest BCUT2D eigenvalue weighted by Crippen LogP contribution is 2.35. The van der Waals surface area contributed by atoms with Gasteiger partial charge in [-0.15, -0.1) is 0 Å². The molecule has 17 heavy (non-hydrogen) atoms. The van der Waals surface area contributed by atoms with Gasteiger partial charge in [-0.05, 0) is 58.0 Å². The Balaban J connectivity index is 0. The maximum atomic E-state index is 2.62. The van der Waals surface area contributed by atoms with Crippen molar-refractivity contribution in [2.24, 2.45) is 11.3 Å². The van der Waals surface area contributed by atoms with Crippen LogP contribution in [0.25, 0.3) is 0 Å². The second kappa shape index (κ2) is 7.41. The van der Waals surface area contributed by atoms with Crippen LogP contribution in [-0.2, 0) is 0 Å². The molecule has 1 nitrogen and oxygen atoms in total. The van der Waals surface area contributed by atoms with Gasteiger partial charge in [0.1, 0.15) is 0 Å². The Kier molecular flexibility index (Phi) is 8.41. The van der Waals surface area contributed by atoms with Crippen LogP contribution >= 0.6 is 0 Å². The van der Waals surface area contributed by atoms with Crippen molar-refractivity contribution in [3.05, 3.63) is 0 Å². The van der Waals surface area contributed by atoms with E-state index in [1.165, 1.54) is 25.9 Å². The van der Waals surface area contributed by atoms with Gasteiger partial charge in [0.05, 0.1) is 0 Å². The van der Waals surface area contributed by atoms with Crippen molar-refractivity contribution in [1.82, 2.24) is 4.90 Å². The first-order valence-corrected chi connectivity index (χ1v) is 6.96. The van der Waals surface area contributed by atoms with Gasteiger partial charge in [-0.25, -0.2) is 0 Å². The summed E-state index contributed by atoms with van der Waals surface area (Å²) in [5.41, 5.74) is 0.868. The molecule has 1 saturated heterocycles. The van der Waals surface area contributed by atoms with Crippen molar-refractivity contribution in [2.45, 2.75) is 81.2 Å². The van der Waals surface area contributed by atoms with Crippen molar-refractivity contribution < 1.29 is 0 Å². The van der Waals surface area contributed by atoms with Gasteiger partial charge in [-0.3, -0.25) is 4.90 Å². The molecule has 0 N–H and O–H groups in total. The lowest BCUT2D eigenvalue weighted by atomic mass is 9.75. The lowest BCUT2D eigenvalue weighted by Gasteiger charge is -2.44. The molecule has 0 spiro atoms. The zero-order chi connectivity index (χ0) is 13.0. The van der Waals surface area contributed by atoms with Crippen LogP contribution in [0, 0.1) is 11.3 Å². The fourth-order valence-corrected chi connectivity index (χ4v) is 2.42. The van der Waals surface area contributed by atoms with Crippen molar-refractivity contribution in [1.29, 1.82) is 0 Å². The SMILES string of the molecule is C.CC.CC(C)(C)C1CCN(C(C)(C)C)CC1. The Bertz CT molecular complexity index is 153. The minimum atomic E-state index is 0. The quantitative estimate of drug-likeness (QED) is 0.565. The van der Waals surface area contributed by atoms with Crippen LogP contribution in [0.5, 0.6) is 0 Å². The molecule has 1 heteroatoms. The first kappa shape index (κ1) is 19.3. The third-order valence-electron chi connectivity index (χ3n) is 3.67. The van der Waals surface area contributed by atoms with Crippen molar-refractivity contribution >= 4 is 0 Å². The molecular weight excluding hydrogens is 206 g/mol. The Morgan fingerprint density at radius 1 is 0.824 bits per heavy atom. The monoisotopic (exact) mass is 243 g/mol. The minimum absolute atomic E-state index is 0. The first-order chi connectivity index (χ1) is 7.21. The van der Waals surface area contributed by atoms with Gasteiger partial charge in [0.15, 0.2) is 0 Å². The molecule has 0 atom stereocenters. The summed E-state index contributed by atoms with van der Waals surface area (Å²) in [5.74, 6) is 0.918.